The van der Waals surface area contributed by atoms with E-state index >= 15 is 0 Å². The average molecular weight is 294 g/mol. The first kappa shape index (κ1) is 14.3. The molecule has 0 atom stereocenters. The zero-order valence-corrected chi connectivity index (χ0v) is 11.6. The first-order chi connectivity index (χ1) is 10.2. The van der Waals surface area contributed by atoms with Crippen LogP contribution in [0.25, 0.3) is 0 Å². The quantitative estimate of drug-likeness (QED) is 0.846. The van der Waals surface area contributed by atoms with Crippen molar-refractivity contribution in [2.45, 2.75) is 0 Å². The monoisotopic (exact) mass is 294 g/mol. The minimum Gasteiger partial charge on any atom is -0.360 e. The molecule has 0 fully saturated rings. The molecule has 0 saturated heterocycles. The number of rotatable bonds is 4. The highest BCUT2D eigenvalue weighted by molar-refractivity contribution is 7.12. The summed E-state index contributed by atoms with van der Waals surface area (Å²) in [5, 5.41) is 24.7. The Morgan fingerprint density at radius 1 is 1.10 bits per heavy atom. The fourth-order valence-corrected chi connectivity index (χ4v) is 2.11. The van der Waals surface area contributed by atoms with Gasteiger partial charge in [-0.05, 0) is 35.7 Å². The molecule has 0 spiro atoms. The molecule has 5 nitrogen and oxygen atoms in total. The number of nitriles is 2. The molecule has 0 aliphatic rings. The van der Waals surface area contributed by atoms with Gasteiger partial charge in [0.1, 0.15) is 17.7 Å². The maximum Gasteiger partial charge on any atom is 0.265 e. The van der Waals surface area contributed by atoms with Crippen LogP contribution >= 0.6 is 11.3 Å². The lowest BCUT2D eigenvalue weighted by atomic mass is 10.2. The molecule has 1 heterocycles. The van der Waals surface area contributed by atoms with Crippen LogP contribution in [0.3, 0.4) is 0 Å². The van der Waals surface area contributed by atoms with Crippen LogP contribution in [-0.2, 0) is 0 Å². The lowest BCUT2D eigenvalue weighted by molar-refractivity contribution is 0.103. The standard InChI is InChI=1S/C15H10N4OS/c16-8-11(9-17)10-18-12-3-5-13(6-4-12)19-15(20)14-2-1-7-21-14/h1-7,10,18H,(H,19,20). The molecule has 0 unspecified atom stereocenters. The molecule has 21 heavy (non-hydrogen) atoms. The average Bonchev–Trinajstić information content (AvgIpc) is 3.04. The lowest BCUT2D eigenvalue weighted by Crippen LogP contribution is -2.09. The van der Waals surface area contributed by atoms with Crippen molar-refractivity contribution in [3.63, 3.8) is 0 Å². The molecule has 102 valence electrons. The number of hydrogen-bond acceptors (Lipinski definition) is 5. The molecule has 1 aromatic carbocycles. The van der Waals surface area contributed by atoms with Crippen molar-refractivity contribution in [1.29, 1.82) is 10.5 Å². The Morgan fingerprint density at radius 2 is 1.76 bits per heavy atom. The third-order valence-corrected chi connectivity index (χ3v) is 3.38. The normalized spacial score (nSPS) is 9.05. The van der Waals surface area contributed by atoms with E-state index < -0.39 is 0 Å². The number of allylic oxidation sites excluding steroid dienone is 1. The van der Waals surface area contributed by atoms with Gasteiger partial charge in [0, 0.05) is 17.6 Å². The second-order valence-electron chi connectivity index (χ2n) is 3.93. The molecule has 2 aromatic rings. The van der Waals surface area contributed by atoms with E-state index in [4.69, 9.17) is 10.5 Å². The molecule has 1 amide bonds. The Kier molecular flexibility index (Phi) is 4.70. The Morgan fingerprint density at radius 3 is 2.33 bits per heavy atom. The largest absolute Gasteiger partial charge is 0.360 e. The lowest BCUT2D eigenvalue weighted by Gasteiger charge is -2.05. The van der Waals surface area contributed by atoms with E-state index in [-0.39, 0.29) is 11.5 Å². The number of anilines is 2. The van der Waals surface area contributed by atoms with Gasteiger partial charge in [-0.3, -0.25) is 4.79 Å². The SMILES string of the molecule is N#CC(C#N)=CNc1ccc(NC(=O)c2cccs2)cc1. The Hall–Kier alpha value is -3.09. The number of carbonyl (C=O) groups excluding carboxylic acids is 1. The van der Waals surface area contributed by atoms with Crippen LogP contribution in [0.4, 0.5) is 11.4 Å². The van der Waals surface area contributed by atoms with Crippen LogP contribution < -0.4 is 10.6 Å². The molecule has 6 heteroatoms. The van der Waals surface area contributed by atoms with Crippen LogP contribution in [0.1, 0.15) is 9.67 Å². The number of benzene rings is 1. The van der Waals surface area contributed by atoms with Crippen LogP contribution in [0, 0.1) is 22.7 Å². The van der Waals surface area contributed by atoms with Gasteiger partial charge in [-0.1, -0.05) is 6.07 Å². The fourth-order valence-electron chi connectivity index (χ4n) is 1.50. The third kappa shape index (κ3) is 3.93. The van der Waals surface area contributed by atoms with E-state index in [0.29, 0.717) is 16.3 Å². The van der Waals surface area contributed by atoms with Gasteiger partial charge in [-0.25, -0.2) is 0 Å². The molecule has 0 radical (unpaired) electrons. The molecule has 2 N–H and O–H groups in total. The maximum atomic E-state index is 11.9. The van der Waals surface area contributed by atoms with Gasteiger partial charge in [0.15, 0.2) is 0 Å². The molecule has 0 aliphatic heterocycles. The fraction of sp³-hybridized carbons (Fsp3) is 0. The number of nitrogens with zero attached hydrogens (tertiary/aromatic N) is 2. The van der Waals surface area contributed by atoms with Gasteiger partial charge < -0.3 is 10.6 Å². The van der Waals surface area contributed by atoms with Crippen molar-refractivity contribution in [3.05, 3.63) is 58.4 Å². The third-order valence-electron chi connectivity index (χ3n) is 2.51. The first-order valence-electron chi connectivity index (χ1n) is 5.95. The second kappa shape index (κ2) is 6.90. The molecule has 0 bridgehead atoms. The molecule has 0 aliphatic carbocycles. The highest BCUT2D eigenvalue weighted by Crippen LogP contribution is 2.16. The number of amides is 1. The minimum atomic E-state index is -0.151. The molecule has 1 aromatic heterocycles. The summed E-state index contributed by atoms with van der Waals surface area (Å²) in [4.78, 5) is 12.5. The van der Waals surface area contributed by atoms with Gasteiger partial charge in [0.25, 0.3) is 5.91 Å². The predicted molar refractivity (Wildman–Crippen MR) is 81.6 cm³/mol. The zero-order valence-electron chi connectivity index (χ0n) is 10.8. The van der Waals surface area contributed by atoms with Crippen molar-refractivity contribution in [1.82, 2.24) is 0 Å². The Bertz CT molecular complexity index is 717. The smallest absolute Gasteiger partial charge is 0.265 e. The van der Waals surface area contributed by atoms with Gasteiger partial charge in [0.2, 0.25) is 0 Å². The maximum absolute atomic E-state index is 11.9. The molecular formula is C15H10N4OS. The number of nitrogens with one attached hydrogen (secondary N) is 2. The first-order valence-corrected chi connectivity index (χ1v) is 6.82. The molecule has 2 rings (SSSR count). The van der Waals surface area contributed by atoms with Crippen LogP contribution in [0.15, 0.2) is 53.6 Å². The molecule has 0 saturated carbocycles. The van der Waals surface area contributed by atoms with Gasteiger partial charge in [0.05, 0.1) is 4.88 Å². The highest BCUT2D eigenvalue weighted by atomic mass is 32.1. The van der Waals surface area contributed by atoms with Crippen LogP contribution in [0.2, 0.25) is 0 Å². The van der Waals surface area contributed by atoms with Crippen molar-refractivity contribution >= 4 is 28.6 Å². The van der Waals surface area contributed by atoms with E-state index in [0.717, 1.165) is 0 Å². The minimum absolute atomic E-state index is 0.00919. The van der Waals surface area contributed by atoms with Crippen molar-refractivity contribution in [2.75, 3.05) is 10.6 Å². The van der Waals surface area contributed by atoms with Crippen LogP contribution in [0.5, 0.6) is 0 Å². The highest BCUT2D eigenvalue weighted by Gasteiger charge is 2.06. The number of hydrogen-bond donors (Lipinski definition) is 2. The summed E-state index contributed by atoms with van der Waals surface area (Å²) in [7, 11) is 0. The summed E-state index contributed by atoms with van der Waals surface area (Å²) in [6, 6.07) is 14.0. The topological polar surface area (TPSA) is 88.7 Å². The van der Waals surface area contributed by atoms with Crippen LogP contribution in [-0.4, -0.2) is 5.91 Å². The van der Waals surface area contributed by atoms with E-state index in [1.165, 1.54) is 17.5 Å². The molecular weight excluding hydrogens is 284 g/mol. The van der Waals surface area contributed by atoms with Gasteiger partial charge in [-0.2, -0.15) is 10.5 Å². The van der Waals surface area contributed by atoms with Crippen molar-refractivity contribution < 1.29 is 4.79 Å². The Balaban J connectivity index is 2.00. The summed E-state index contributed by atoms with van der Waals surface area (Å²) in [6.07, 6.45) is 1.33. The van der Waals surface area contributed by atoms with E-state index in [9.17, 15) is 4.79 Å². The van der Waals surface area contributed by atoms with Gasteiger partial charge >= 0.3 is 0 Å². The van der Waals surface area contributed by atoms with E-state index in [2.05, 4.69) is 10.6 Å². The van der Waals surface area contributed by atoms with Gasteiger partial charge in [-0.15, -0.1) is 11.3 Å². The number of carbonyl (C=O) groups is 1. The van der Waals surface area contributed by atoms with E-state index in [1.54, 1.807) is 42.5 Å². The summed E-state index contributed by atoms with van der Waals surface area (Å²) < 4.78 is 0. The number of thiophene rings is 1. The summed E-state index contributed by atoms with van der Waals surface area (Å²) in [6.45, 7) is 0. The summed E-state index contributed by atoms with van der Waals surface area (Å²) >= 11 is 1.38. The van der Waals surface area contributed by atoms with Crippen molar-refractivity contribution in [2.24, 2.45) is 0 Å². The van der Waals surface area contributed by atoms with Crippen molar-refractivity contribution in [3.8, 4) is 12.1 Å². The summed E-state index contributed by atoms with van der Waals surface area (Å²) in [5.41, 5.74) is 1.38. The predicted octanol–water partition coefficient (Wildman–Crippen LogP) is 3.34. The second-order valence-corrected chi connectivity index (χ2v) is 4.88. The zero-order chi connectivity index (χ0) is 15.1. The Labute approximate surface area is 125 Å². The summed E-state index contributed by atoms with van der Waals surface area (Å²) in [5.74, 6) is -0.151. The van der Waals surface area contributed by atoms with E-state index in [1.807, 2.05) is 11.4 Å².